The highest BCUT2D eigenvalue weighted by molar-refractivity contribution is 6.04. The molecule has 9 heteroatoms. The molecule has 1 aromatic carbocycles. The maximum absolute atomic E-state index is 12.5. The molecule has 9 nitrogen and oxygen atoms in total. The summed E-state index contributed by atoms with van der Waals surface area (Å²) in [4.78, 5) is 37.4. The molecule has 132 valence electrons. The first-order chi connectivity index (χ1) is 12.0. The molecule has 1 saturated heterocycles. The third-order valence-corrected chi connectivity index (χ3v) is 4.17. The Morgan fingerprint density at radius 3 is 2.80 bits per heavy atom. The number of hydrogen-bond acceptors (Lipinski definition) is 6. The first-order valence-corrected chi connectivity index (χ1v) is 7.77. The lowest BCUT2D eigenvalue weighted by molar-refractivity contribution is -0.119. The molecule has 2 aromatic rings. The molecular formula is C16H18N4O5. The fourth-order valence-corrected chi connectivity index (χ4v) is 2.94. The average molecular weight is 346 g/mol. The van der Waals surface area contributed by atoms with Gasteiger partial charge in [-0.1, -0.05) is 0 Å². The van der Waals surface area contributed by atoms with Crippen molar-refractivity contribution in [2.24, 2.45) is 0 Å². The van der Waals surface area contributed by atoms with Gasteiger partial charge in [-0.3, -0.25) is 14.8 Å². The number of esters is 1. The Bertz CT molecular complexity index is 831. The zero-order valence-electron chi connectivity index (χ0n) is 13.9. The molecule has 3 rings (SSSR count). The van der Waals surface area contributed by atoms with Gasteiger partial charge in [-0.15, -0.1) is 0 Å². The molecule has 0 aliphatic carbocycles. The number of nitrogens with zero attached hydrogens (tertiary/aromatic N) is 2. The van der Waals surface area contributed by atoms with Gasteiger partial charge in [0.05, 0.1) is 19.7 Å². The third-order valence-electron chi connectivity index (χ3n) is 4.17. The molecule has 2 amide bonds. The molecule has 1 fully saturated rings. The van der Waals surface area contributed by atoms with Crippen LogP contribution in [0.3, 0.4) is 0 Å². The van der Waals surface area contributed by atoms with Crippen LogP contribution in [-0.2, 0) is 14.3 Å². The summed E-state index contributed by atoms with van der Waals surface area (Å²) < 4.78 is 9.40. The van der Waals surface area contributed by atoms with Gasteiger partial charge < -0.3 is 14.8 Å². The smallest absolute Gasteiger partial charge is 0.410 e. The summed E-state index contributed by atoms with van der Waals surface area (Å²) in [5, 5.41) is 9.98. The van der Waals surface area contributed by atoms with Crippen LogP contribution in [0.5, 0.6) is 0 Å². The SMILES string of the molecule is COC(=O)c1n[nH]c2ccc(NC(=O)[C@@H]3CCCN3C(=O)OC)cc12. The molecule has 1 aliphatic heterocycles. The van der Waals surface area contributed by atoms with Crippen molar-refractivity contribution in [1.82, 2.24) is 15.1 Å². The van der Waals surface area contributed by atoms with Crippen molar-refractivity contribution >= 4 is 34.6 Å². The van der Waals surface area contributed by atoms with Crippen molar-refractivity contribution in [2.75, 3.05) is 26.1 Å². The van der Waals surface area contributed by atoms with Crippen LogP contribution in [0, 0.1) is 0 Å². The zero-order valence-corrected chi connectivity index (χ0v) is 13.9. The summed E-state index contributed by atoms with van der Waals surface area (Å²) >= 11 is 0. The van der Waals surface area contributed by atoms with Crippen LogP contribution in [0.1, 0.15) is 23.3 Å². The summed E-state index contributed by atoms with van der Waals surface area (Å²) in [6.07, 6.45) is 0.791. The van der Waals surface area contributed by atoms with Crippen LogP contribution in [0.2, 0.25) is 0 Å². The van der Waals surface area contributed by atoms with Crippen LogP contribution in [-0.4, -0.2) is 59.9 Å². The highest BCUT2D eigenvalue weighted by Crippen LogP contribution is 2.23. The number of fused-ring (bicyclic) bond motifs is 1. The first kappa shape index (κ1) is 16.7. The number of carbonyl (C=O) groups is 3. The molecule has 1 aliphatic rings. The number of anilines is 1. The van der Waals surface area contributed by atoms with Crippen molar-refractivity contribution < 1.29 is 23.9 Å². The standard InChI is InChI=1S/C16H18N4O5/c1-24-15(22)13-10-8-9(5-6-11(10)18-19-13)17-14(21)12-4-3-7-20(12)16(23)25-2/h5-6,8,12H,3-4,7H2,1-2H3,(H,17,21)(H,18,19)/t12-/m0/s1. The van der Waals surface area contributed by atoms with E-state index in [1.54, 1.807) is 18.2 Å². The van der Waals surface area contributed by atoms with Crippen molar-refractivity contribution in [2.45, 2.75) is 18.9 Å². The molecule has 2 N–H and O–H groups in total. The molecule has 0 bridgehead atoms. The first-order valence-electron chi connectivity index (χ1n) is 7.77. The average Bonchev–Trinajstić information content (AvgIpc) is 3.27. The number of benzene rings is 1. The molecule has 25 heavy (non-hydrogen) atoms. The number of aromatic nitrogens is 2. The van der Waals surface area contributed by atoms with E-state index in [0.29, 0.717) is 29.6 Å². The van der Waals surface area contributed by atoms with Crippen molar-refractivity contribution in [3.63, 3.8) is 0 Å². The zero-order chi connectivity index (χ0) is 18.0. The monoisotopic (exact) mass is 346 g/mol. The number of carbonyl (C=O) groups excluding carboxylic acids is 3. The summed E-state index contributed by atoms with van der Waals surface area (Å²) in [5.74, 6) is -0.868. The fraction of sp³-hybridized carbons (Fsp3) is 0.375. The fourth-order valence-electron chi connectivity index (χ4n) is 2.94. The predicted molar refractivity (Wildman–Crippen MR) is 88.2 cm³/mol. The number of H-pyrrole nitrogens is 1. The molecule has 1 aromatic heterocycles. The second-order valence-corrected chi connectivity index (χ2v) is 5.63. The molecular weight excluding hydrogens is 328 g/mol. The van der Waals surface area contributed by atoms with E-state index in [1.807, 2.05) is 0 Å². The Morgan fingerprint density at radius 1 is 1.28 bits per heavy atom. The maximum Gasteiger partial charge on any atom is 0.410 e. The topological polar surface area (TPSA) is 114 Å². The second kappa shape index (κ2) is 6.80. The van der Waals surface area contributed by atoms with Crippen molar-refractivity contribution in [1.29, 1.82) is 0 Å². The van der Waals surface area contributed by atoms with Gasteiger partial charge in [0.25, 0.3) is 0 Å². The molecule has 2 heterocycles. The van der Waals surface area contributed by atoms with Gasteiger partial charge in [0, 0.05) is 17.6 Å². The Balaban J connectivity index is 1.81. The molecule has 0 radical (unpaired) electrons. The number of rotatable bonds is 3. The molecule has 0 unspecified atom stereocenters. The minimum atomic E-state index is -0.576. The van der Waals surface area contributed by atoms with E-state index in [-0.39, 0.29) is 11.6 Å². The van der Waals surface area contributed by atoms with Crippen LogP contribution < -0.4 is 5.32 Å². The Kier molecular flexibility index (Phi) is 4.55. The lowest BCUT2D eigenvalue weighted by Gasteiger charge is -2.22. The van der Waals surface area contributed by atoms with Crippen LogP contribution in [0.4, 0.5) is 10.5 Å². The summed E-state index contributed by atoms with van der Waals surface area (Å²) in [6, 6.07) is 4.46. The highest BCUT2D eigenvalue weighted by atomic mass is 16.5. The second-order valence-electron chi connectivity index (χ2n) is 5.63. The van der Waals surface area contributed by atoms with Gasteiger partial charge in [0.2, 0.25) is 5.91 Å². The molecule has 0 spiro atoms. The van der Waals surface area contributed by atoms with Gasteiger partial charge >= 0.3 is 12.1 Å². The predicted octanol–water partition coefficient (Wildman–Crippen LogP) is 1.52. The third kappa shape index (κ3) is 3.12. The van der Waals surface area contributed by atoms with Crippen LogP contribution in [0.15, 0.2) is 18.2 Å². The Morgan fingerprint density at radius 2 is 2.08 bits per heavy atom. The van der Waals surface area contributed by atoms with Gasteiger partial charge in [-0.2, -0.15) is 5.10 Å². The van der Waals surface area contributed by atoms with Crippen molar-refractivity contribution in [3.8, 4) is 0 Å². The number of methoxy groups -OCH3 is 2. The number of hydrogen-bond donors (Lipinski definition) is 2. The van der Waals surface area contributed by atoms with Crippen LogP contribution >= 0.6 is 0 Å². The normalized spacial score (nSPS) is 16.7. The Hall–Kier alpha value is -3.10. The number of nitrogens with one attached hydrogen (secondary N) is 2. The van der Waals surface area contributed by atoms with E-state index in [9.17, 15) is 14.4 Å². The lowest BCUT2D eigenvalue weighted by Crippen LogP contribution is -2.43. The highest BCUT2D eigenvalue weighted by Gasteiger charge is 2.34. The molecule has 1 atom stereocenters. The van der Waals surface area contributed by atoms with Gasteiger partial charge in [-0.25, -0.2) is 9.59 Å². The number of likely N-dealkylation sites (tertiary alicyclic amines) is 1. The summed E-state index contributed by atoms with van der Waals surface area (Å²) in [7, 11) is 2.56. The molecule has 0 saturated carbocycles. The minimum absolute atomic E-state index is 0.144. The number of ether oxygens (including phenoxy) is 2. The lowest BCUT2D eigenvalue weighted by atomic mass is 10.1. The maximum atomic E-state index is 12.5. The van der Waals surface area contributed by atoms with Gasteiger partial charge in [0.15, 0.2) is 5.69 Å². The van der Waals surface area contributed by atoms with Crippen molar-refractivity contribution in [3.05, 3.63) is 23.9 Å². The quantitative estimate of drug-likeness (QED) is 0.815. The van der Waals surface area contributed by atoms with E-state index in [1.165, 1.54) is 19.1 Å². The van der Waals surface area contributed by atoms with Gasteiger partial charge in [0.1, 0.15) is 6.04 Å². The van der Waals surface area contributed by atoms with E-state index >= 15 is 0 Å². The van der Waals surface area contributed by atoms with E-state index < -0.39 is 18.1 Å². The van der Waals surface area contributed by atoms with Crippen LogP contribution in [0.25, 0.3) is 10.9 Å². The van der Waals surface area contributed by atoms with E-state index in [0.717, 1.165) is 6.42 Å². The van der Waals surface area contributed by atoms with E-state index in [2.05, 4.69) is 15.5 Å². The number of amides is 2. The number of aromatic amines is 1. The summed E-state index contributed by atoms with van der Waals surface area (Å²) in [6.45, 7) is 0.484. The minimum Gasteiger partial charge on any atom is -0.464 e. The largest absolute Gasteiger partial charge is 0.464 e. The summed E-state index contributed by atoms with van der Waals surface area (Å²) in [5.41, 5.74) is 1.29. The Labute approximate surface area is 143 Å². The van der Waals surface area contributed by atoms with E-state index in [4.69, 9.17) is 9.47 Å². The van der Waals surface area contributed by atoms with Gasteiger partial charge in [-0.05, 0) is 31.0 Å².